The van der Waals surface area contributed by atoms with E-state index in [-0.39, 0.29) is 24.8 Å². The molecule has 1 aromatic rings. The van der Waals surface area contributed by atoms with Gasteiger partial charge in [0.15, 0.2) is 0 Å². The van der Waals surface area contributed by atoms with Crippen LogP contribution in [0.4, 0.5) is 5.69 Å². The van der Waals surface area contributed by atoms with Crippen molar-refractivity contribution in [2.24, 2.45) is 0 Å². The number of rotatable bonds is 4. The molecule has 2 heterocycles. The van der Waals surface area contributed by atoms with Gasteiger partial charge in [0.2, 0.25) is 5.91 Å². The number of piperazine rings is 1. The van der Waals surface area contributed by atoms with Crippen LogP contribution in [0.15, 0.2) is 24.3 Å². The predicted octanol–water partition coefficient (Wildman–Crippen LogP) is 0.582. The van der Waals surface area contributed by atoms with Crippen molar-refractivity contribution < 1.29 is 14.7 Å². The molecule has 0 unspecified atom stereocenters. The molecule has 2 aliphatic heterocycles. The number of benzene rings is 1. The average molecular weight is 338 g/mol. The molecular formula is C16H20ClN3O3. The van der Waals surface area contributed by atoms with E-state index in [4.69, 9.17) is 16.7 Å². The molecule has 1 N–H and O–H groups in total. The molecule has 0 spiro atoms. The maximum Gasteiger partial charge on any atom is 0.251 e. The summed E-state index contributed by atoms with van der Waals surface area (Å²) in [7, 11) is 0. The number of carbonyl (C=O) groups excluding carboxylic acids is 2. The highest BCUT2D eigenvalue weighted by molar-refractivity contribution is 6.31. The molecular weight excluding hydrogens is 318 g/mol. The van der Waals surface area contributed by atoms with Crippen LogP contribution in [-0.4, -0.2) is 72.1 Å². The van der Waals surface area contributed by atoms with Crippen molar-refractivity contribution in [3.05, 3.63) is 29.3 Å². The van der Waals surface area contributed by atoms with Crippen molar-refractivity contribution in [2.75, 3.05) is 44.2 Å². The Morgan fingerprint density at radius 1 is 1.17 bits per heavy atom. The molecule has 2 amide bonds. The molecule has 124 valence electrons. The molecule has 6 nitrogen and oxygen atoms in total. The molecule has 23 heavy (non-hydrogen) atoms. The van der Waals surface area contributed by atoms with E-state index in [1.54, 1.807) is 24.3 Å². The predicted molar refractivity (Wildman–Crippen MR) is 87.4 cm³/mol. The fourth-order valence-corrected chi connectivity index (χ4v) is 3.41. The van der Waals surface area contributed by atoms with E-state index in [1.165, 1.54) is 4.90 Å². The fraction of sp³-hybridized carbons (Fsp3) is 0.500. The number of aliphatic hydroxyl groups is 1. The smallest absolute Gasteiger partial charge is 0.251 e. The normalized spacial score (nSPS) is 23.7. The molecule has 0 saturated carbocycles. The van der Waals surface area contributed by atoms with Crippen LogP contribution in [0.2, 0.25) is 5.02 Å². The van der Waals surface area contributed by atoms with Gasteiger partial charge in [-0.1, -0.05) is 17.7 Å². The zero-order valence-electron chi connectivity index (χ0n) is 12.8. The van der Waals surface area contributed by atoms with Gasteiger partial charge >= 0.3 is 0 Å². The summed E-state index contributed by atoms with van der Waals surface area (Å²) in [5.74, 6) is -0.354. The van der Waals surface area contributed by atoms with E-state index < -0.39 is 6.04 Å². The van der Waals surface area contributed by atoms with E-state index in [0.29, 0.717) is 17.3 Å². The summed E-state index contributed by atoms with van der Waals surface area (Å²) in [5.41, 5.74) is 0.536. The first kappa shape index (κ1) is 16.4. The van der Waals surface area contributed by atoms with E-state index in [2.05, 4.69) is 9.80 Å². The molecule has 0 aliphatic carbocycles. The van der Waals surface area contributed by atoms with Crippen molar-refractivity contribution in [1.82, 2.24) is 9.80 Å². The van der Waals surface area contributed by atoms with E-state index in [1.807, 2.05) is 0 Å². The number of hydrogen-bond donors (Lipinski definition) is 1. The van der Waals surface area contributed by atoms with Crippen LogP contribution in [0.25, 0.3) is 0 Å². The molecule has 7 heteroatoms. The van der Waals surface area contributed by atoms with Crippen LogP contribution in [0, 0.1) is 0 Å². The van der Waals surface area contributed by atoms with E-state index in [9.17, 15) is 9.59 Å². The number of aliphatic hydroxyl groups excluding tert-OH is 1. The summed E-state index contributed by atoms with van der Waals surface area (Å²) >= 11 is 5.96. The number of β-amino-alcohol motifs (C(OH)–C–C–N with tert-alkyl or cyclic N) is 1. The maximum atomic E-state index is 12.7. The lowest BCUT2D eigenvalue weighted by atomic mass is 10.1. The minimum absolute atomic E-state index is 0.142. The number of anilines is 1. The highest BCUT2D eigenvalue weighted by Crippen LogP contribution is 2.28. The number of amides is 2. The highest BCUT2D eigenvalue weighted by Gasteiger charge is 2.43. The minimum atomic E-state index is -0.391. The molecule has 2 fully saturated rings. The van der Waals surface area contributed by atoms with Gasteiger partial charge in [-0.3, -0.25) is 19.4 Å². The zero-order valence-corrected chi connectivity index (χ0v) is 13.6. The van der Waals surface area contributed by atoms with Gasteiger partial charge in [-0.25, -0.2) is 4.90 Å². The van der Waals surface area contributed by atoms with Gasteiger partial charge in [0.05, 0.1) is 24.8 Å². The van der Waals surface area contributed by atoms with Gasteiger partial charge in [-0.15, -0.1) is 0 Å². The Morgan fingerprint density at radius 2 is 1.91 bits per heavy atom. The first-order chi connectivity index (χ1) is 11.1. The molecule has 2 saturated heterocycles. The van der Waals surface area contributed by atoms with Crippen LogP contribution >= 0.6 is 11.6 Å². The zero-order chi connectivity index (χ0) is 16.4. The number of hydrogen-bond acceptors (Lipinski definition) is 5. The third-order valence-electron chi connectivity index (χ3n) is 4.45. The molecule has 0 radical (unpaired) electrons. The number of carbonyl (C=O) groups is 2. The van der Waals surface area contributed by atoms with E-state index >= 15 is 0 Å². The second kappa shape index (κ2) is 6.97. The largest absolute Gasteiger partial charge is 0.395 e. The second-order valence-electron chi connectivity index (χ2n) is 5.87. The first-order valence-corrected chi connectivity index (χ1v) is 8.17. The van der Waals surface area contributed by atoms with Crippen molar-refractivity contribution >= 4 is 29.1 Å². The summed E-state index contributed by atoms with van der Waals surface area (Å²) in [4.78, 5) is 30.5. The Labute approximate surface area is 140 Å². The van der Waals surface area contributed by atoms with Crippen molar-refractivity contribution in [2.45, 2.75) is 12.5 Å². The second-order valence-corrected chi connectivity index (χ2v) is 6.30. The summed E-state index contributed by atoms with van der Waals surface area (Å²) in [6.07, 6.45) is 0.214. The van der Waals surface area contributed by atoms with Crippen molar-refractivity contribution in [1.29, 1.82) is 0 Å². The molecule has 0 bridgehead atoms. The van der Waals surface area contributed by atoms with Gasteiger partial charge in [0.1, 0.15) is 0 Å². The Kier molecular flexibility index (Phi) is 4.96. The summed E-state index contributed by atoms with van der Waals surface area (Å²) in [5, 5.41) is 9.49. The monoisotopic (exact) mass is 337 g/mol. The Balaban J connectivity index is 1.70. The van der Waals surface area contributed by atoms with Gasteiger partial charge in [-0.2, -0.15) is 0 Å². The third-order valence-corrected chi connectivity index (χ3v) is 4.69. The summed E-state index contributed by atoms with van der Waals surface area (Å²) < 4.78 is 0. The number of nitrogens with zero attached hydrogens (tertiary/aromatic N) is 3. The number of imide groups is 1. The average Bonchev–Trinajstić information content (AvgIpc) is 2.83. The van der Waals surface area contributed by atoms with Crippen LogP contribution < -0.4 is 4.90 Å². The van der Waals surface area contributed by atoms with Gasteiger partial charge in [0, 0.05) is 37.7 Å². The lowest BCUT2D eigenvalue weighted by molar-refractivity contribution is -0.123. The van der Waals surface area contributed by atoms with Gasteiger partial charge < -0.3 is 5.11 Å². The van der Waals surface area contributed by atoms with Crippen molar-refractivity contribution in [3.63, 3.8) is 0 Å². The Bertz CT molecular complexity index is 602. The summed E-state index contributed by atoms with van der Waals surface area (Å²) in [6, 6.07) is 6.42. The quantitative estimate of drug-likeness (QED) is 0.814. The molecule has 1 aromatic carbocycles. The van der Waals surface area contributed by atoms with Crippen LogP contribution in [-0.2, 0) is 9.59 Å². The minimum Gasteiger partial charge on any atom is -0.395 e. The topological polar surface area (TPSA) is 64.1 Å². The van der Waals surface area contributed by atoms with Gasteiger partial charge in [0.25, 0.3) is 5.91 Å². The maximum absolute atomic E-state index is 12.7. The fourth-order valence-electron chi connectivity index (χ4n) is 3.23. The summed E-state index contributed by atoms with van der Waals surface area (Å²) in [6.45, 7) is 3.86. The highest BCUT2D eigenvalue weighted by atomic mass is 35.5. The van der Waals surface area contributed by atoms with Crippen molar-refractivity contribution in [3.8, 4) is 0 Å². The van der Waals surface area contributed by atoms with Crippen LogP contribution in [0.3, 0.4) is 0 Å². The SMILES string of the molecule is O=C1C[C@@H](N2CCN(CCO)CC2)C(=O)N1c1cccc(Cl)c1. The van der Waals surface area contributed by atoms with Crippen LogP contribution in [0.5, 0.6) is 0 Å². The first-order valence-electron chi connectivity index (χ1n) is 7.80. The molecule has 0 aromatic heterocycles. The Hall–Kier alpha value is -1.47. The third kappa shape index (κ3) is 3.40. The van der Waals surface area contributed by atoms with Crippen LogP contribution in [0.1, 0.15) is 6.42 Å². The lowest BCUT2D eigenvalue weighted by Gasteiger charge is -2.36. The standard InChI is InChI=1S/C16H20ClN3O3/c17-12-2-1-3-13(10-12)20-15(22)11-14(16(20)23)19-6-4-18(5-7-19)8-9-21/h1-3,10,14,21H,4-9,11H2/t14-/m1/s1. The number of halogens is 1. The lowest BCUT2D eigenvalue weighted by Crippen LogP contribution is -2.52. The molecule has 1 atom stereocenters. The molecule has 3 rings (SSSR count). The Morgan fingerprint density at radius 3 is 2.57 bits per heavy atom. The van der Waals surface area contributed by atoms with Gasteiger partial charge in [-0.05, 0) is 18.2 Å². The molecule has 2 aliphatic rings. The van der Waals surface area contributed by atoms with E-state index in [0.717, 1.165) is 26.2 Å².